The zero-order chi connectivity index (χ0) is 16.4. The molecule has 116 valence electrons. The molecule has 0 radical (unpaired) electrons. The molecule has 1 N–H and O–H groups in total. The van der Waals surface area contributed by atoms with E-state index in [-0.39, 0.29) is 5.75 Å². The fourth-order valence-electron chi connectivity index (χ4n) is 2.61. The van der Waals surface area contributed by atoms with Crippen LogP contribution in [0.3, 0.4) is 0 Å². The minimum absolute atomic E-state index is 0.237. The van der Waals surface area contributed by atoms with Crippen molar-refractivity contribution in [1.82, 2.24) is 14.4 Å². The molecule has 0 unspecified atom stereocenters. The maximum absolute atomic E-state index is 9.70. The molecular formula is C20H15N3O. The average Bonchev–Trinajstić information content (AvgIpc) is 3.04. The molecule has 0 amide bonds. The normalized spacial score (nSPS) is 11.3. The lowest BCUT2D eigenvalue weighted by Crippen LogP contribution is -1.92. The molecule has 0 spiro atoms. The third-order valence-electron chi connectivity index (χ3n) is 3.80. The van der Waals surface area contributed by atoms with Gasteiger partial charge in [-0.3, -0.25) is 9.38 Å². The van der Waals surface area contributed by atoms with E-state index in [1.807, 2.05) is 65.2 Å². The molecule has 0 saturated carbocycles. The Labute approximate surface area is 139 Å². The van der Waals surface area contributed by atoms with E-state index in [0.717, 1.165) is 28.2 Å². The van der Waals surface area contributed by atoms with Crippen LogP contribution in [-0.2, 0) is 0 Å². The molecule has 4 heteroatoms. The number of hydrogen-bond acceptors (Lipinski definition) is 3. The van der Waals surface area contributed by atoms with Crippen molar-refractivity contribution in [2.45, 2.75) is 0 Å². The van der Waals surface area contributed by atoms with Crippen LogP contribution in [0.2, 0.25) is 0 Å². The average molecular weight is 313 g/mol. The monoisotopic (exact) mass is 313 g/mol. The highest BCUT2D eigenvalue weighted by Crippen LogP contribution is 2.24. The fourth-order valence-corrected chi connectivity index (χ4v) is 2.61. The van der Waals surface area contributed by atoms with Gasteiger partial charge in [0.25, 0.3) is 0 Å². The topological polar surface area (TPSA) is 50.4 Å². The second-order valence-corrected chi connectivity index (χ2v) is 5.48. The van der Waals surface area contributed by atoms with E-state index >= 15 is 0 Å². The summed E-state index contributed by atoms with van der Waals surface area (Å²) in [5, 5.41) is 9.70. The van der Waals surface area contributed by atoms with Gasteiger partial charge in [0.2, 0.25) is 0 Å². The van der Waals surface area contributed by atoms with Crippen molar-refractivity contribution in [3.63, 3.8) is 0 Å². The highest BCUT2D eigenvalue weighted by molar-refractivity contribution is 5.69. The molecule has 4 aromatic rings. The summed E-state index contributed by atoms with van der Waals surface area (Å²) in [7, 11) is 0. The predicted octanol–water partition coefficient (Wildman–Crippen LogP) is 4.27. The number of rotatable bonds is 3. The van der Waals surface area contributed by atoms with Gasteiger partial charge in [0.15, 0.2) is 5.65 Å². The summed E-state index contributed by atoms with van der Waals surface area (Å²) < 4.78 is 1.98. The van der Waals surface area contributed by atoms with Crippen LogP contribution in [0.4, 0.5) is 0 Å². The molecule has 2 aromatic heterocycles. The summed E-state index contributed by atoms with van der Waals surface area (Å²) in [6, 6.07) is 17.2. The molecule has 2 heterocycles. The van der Waals surface area contributed by atoms with Gasteiger partial charge in [-0.15, -0.1) is 0 Å². The number of phenols is 1. The fraction of sp³-hybridized carbons (Fsp3) is 0. The van der Waals surface area contributed by atoms with Gasteiger partial charge in [-0.05, 0) is 23.8 Å². The number of phenolic OH excluding ortho intramolecular Hbond substituents is 1. The molecule has 0 bridgehead atoms. The van der Waals surface area contributed by atoms with Crippen LogP contribution in [-0.4, -0.2) is 19.5 Å². The van der Waals surface area contributed by atoms with Crippen LogP contribution >= 0.6 is 0 Å². The third kappa shape index (κ3) is 2.77. The first kappa shape index (κ1) is 14.2. The van der Waals surface area contributed by atoms with E-state index in [0.29, 0.717) is 0 Å². The molecule has 4 rings (SSSR count). The number of hydrogen-bond donors (Lipinski definition) is 1. The zero-order valence-corrected chi connectivity index (χ0v) is 12.9. The van der Waals surface area contributed by atoms with Crippen molar-refractivity contribution in [2.24, 2.45) is 0 Å². The molecule has 24 heavy (non-hydrogen) atoms. The summed E-state index contributed by atoms with van der Waals surface area (Å²) in [5.74, 6) is 0.237. The molecule has 0 atom stereocenters. The summed E-state index contributed by atoms with van der Waals surface area (Å²) in [6.07, 6.45) is 9.48. The highest BCUT2D eigenvalue weighted by Gasteiger charge is 2.07. The number of nitrogens with zero attached hydrogens (tertiary/aromatic N) is 3. The van der Waals surface area contributed by atoms with Crippen LogP contribution in [0.15, 0.2) is 73.2 Å². The first-order chi connectivity index (χ1) is 11.8. The van der Waals surface area contributed by atoms with Gasteiger partial charge >= 0.3 is 0 Å². The maximum atomic E-state index is 9.70. The van der Waals surface area contributed by atoms with E-state index in [1.54, 1.807) is 24.5 Å². The lowest BCUT2D eigenvalue weighted by atomic mass is 10.1. The first-order valence-corrected chi connectivity index (χ1v) is 7.65. The summed E-state index contributed by atoms with van der Waals surface area (Å²) in [5.41, 5.74) is 4.55. The van der Waals surface area contributed by atoms with Crippen LogP contribution in [0.25, 0.3) is 29.1 Å². The Morgan fingerprint density at radius 2 is 1.75 bits per heavy atom. The molecule has 4 nitrogen and oxygen atoms in total. The smallest absolute Gasteiger partial charge is 0.155 e. The van der Waals surface area contributed by atoms with Crippen molar-refractivity contribution in [2.75, 3.05) is 0 Å². The van der Waals surface area contributed by atoms with E-state index in [2.05, 4.69) is 9.97 Å². The minimum atomic E-state index is 0.237. The summed E-state index contributed by atoms with van der Waals surface area (Å²) in [4.78, 5) is 8.81. The maximum Gasteiger partial charge on any atom is 0.155 e. The van der Waals surface area contributed by atoms with Gasteiger partial charge in [0.05, 0.1) is 23.8 Å². The van der Waals surface area contributed by atoms with Gasteiger partial charge in [0, 0.05) is 11.8 Å². The number of aromatic nitrogens is 3. The number of imidazole rings is 1. The van der Waals surface area contributed by atoms with Crippen molar-refractivity contribution < 1.29 is 5.11 Å². The Balaban J connectivity index is 1.75. The molecule has 0 aliphatic rings. The predicted molar refractivity (Wildman–Crippen MR) is 95.5 cm³/mol. The lowest BCUT2D eigenvalue weighted by Gasteiger charge is -2.03. The van der Waals surface area contributed by atoms with Gasteiger partial charge < -0.3 is 5.11 Å². The van der Waals surface area contributed by atoms with E-state index < -0.39 is 0 Å². The first-order valence-electron chi connectivity index (χ1n) is 7.65. The number of aromatic hydroxyl groups is 1. The summed E-state index contributed by atoms with van der Waals surface area (Å²) >= 11 is 0. The van der Waals surface area contributed by atoms with Gasteiger partial charge in [0.1, 0.15) is 5.75 Å². The van der Waals surface area contributed by atoms with Crippen LogP contribution in [0.5, 0.6) is 5.75 Å². The van der Waals surface area contributed by atoms with Crippen LogP contribution in [0, 0.1) is 0 Å². The van der Waals surface area contributed by atoms with Crippen LogP contribution in [0.1, 0.15) is 11.3 Å². The Hall–Kier alpha value is -3.40. The van der Waals surface area contributed by atoms with Crippen molar-refractivity contribution in [1.29, 1.82) is 0 Å². The van der Waals surface area contributed by atoms with Gasteiger partial charge in [-0.2, -0.15) is 0 Å². The van der Waals surface area contributed by atoms with E-state index in [4.69, 9.17) is 0 Å². The quantitative estimate of drug-likeness (QED) is 0.614. The second kappa shape index (κ2) is 6.01. The molecular weight excluding hydrogens is 298 g/mol. The Morgan fingerprint density at radius 1 is 0.875 bits per heavy atom. The number of benzene rings is 2. The molecule has 2 aromatic carbocycles. The third-order valence-corrected chi connectivity index (χ3v) is 3.80. The van der Waals surface area contributed by atoms with E-state index in [1.165, 1.54) is 0 Å². The molecule has 0 saturated heterocycles. The minimum Gasteiger partial charge on any atom is -0.508 e. The lowest BCUT2D eigenvalue weighted by molar-refractivity contribution is 0.475. The zero-order valence-electron chi connectivity index (χ0n) is 12.9. The standard InChI is InChI=1S/C20H15N3O/c24-18-8-4-7-16(11-18)19-12-22-20-13-21-17(14-23(19)20)10-9-15-5-2-1-3-6-15/h1-14,24H. The van der Waals surface area contributed by atoms with Crippen molar-refractivity contribution in [3.8, 4) is 17.0 Å². The largest absolute Gasteiger partial charge is 0.508 e. The van der Waals surface area contributed by atoms with Crippen molar-refractivity contribution >= 4 is 17.8 Å². The SMILES string of the molecule is Oc1cccc(-c2cnc3cnc(C=Cc4ccccc4)cn23)c1. The Kier molecular flexibility index (Phi) is 3.56. The molecule has 0 aliphatic heterocycles. The van der Waals surface area contributed by atoms with Crippen LogP contribution < -0.4 is 0 Å². The Morgan fingerprint density at radius 3 is 2.58 bits per heavy atom. The molecule has 0 aliphatic carbocycles. The van der Waals surface area contributed by atoms with Gasteiger partial charge in [-0.25, -0.2) is 4.98 Å². The van der Waals surface area contributed by atoms with E-state index in [9.17, 15) is 5.11 Å². The number of fused-ring (bicyclic) bond motifs is 1. The Bertz CT molecular complexity index is 1020. The highest BCUT2D eigenvalue weighted by atomic mass is 16.3. The molecule has 0 fully saturated rings. The van der Waals surface area contributed by atoms with Gasteiger partial charge in [-0.1, -0.05) is 48.5 Å². The second-order valence-electron chi connectivity index (χ2n) is 5.48. The van der Waals surface area contributed by atoms with Crippen molar-refractivity contribution in [3.05, 3.63) is 84.4 Å². The summed E-state index contributed by atoms with van der Waals surface area (Å²) in [6.45, 7) is 0.